The van der Waals surface area contributed by atoms with Crippen molar-refractivity contribution in [3.63, 3.8) is 0 Å². The predicted molar refractivity (Wildman–Crippen MR) is 77.5 cm³/mol. The van der Waals surface area contributed by atoms with E-state index in [1.807, 2.05) is 31.7 Å². The summed E-state index contributed by atoms with van der Waals surface area (Å²) in [7, 11) is 1.89. The molecule has 1 aromatic heterocycles. The molecular weight excluding hydrogens is 260 g/mol. The Morgan fingerprint density at radius 3 is 2.42 bits per heavy atom. The van der Waals surface area contributed by atoms with Crippen molar-refractivity contribution in [3.8, 4) is 0 Å². The summed E-state index contributed by atoms with van der Waals surface area (Å²) in [5, 5.41) is 4.93. The van der Waals surface area contributed by atoms with Gasteiger partial charge in [-0.15, -0.1) is 0 Å². The van der Waals surface area contributed by atoms with Gasteiger partial charge in [0.15, 0.2) is 5.78 Å². The fraction of sp³-hybridized carbons (Fsp3) is 0.200. The molecule has 0 aliphatic heterocycles. The number of benzene rings is 1. The molecule has 2 rings (SSSR count). The maximum absolute atomic E-state index is 12.0. The summed E-state index contributed by atoms with van der Waals surface area (Å²) < 4.78 is 1.81. The highest BCUT2D eigenvalue weighted by molar-refractivity contribution is 6.30. The third kappa shape index (κ3) is 2.93. The minimum absolute atomic E-state index is 0.0423. The summed E-state index contributed by atoms with van der Waals surface area (Å²) in [5.41, 5.74) is 3.57. The van der Waals surface area contributed by atoms with Crippen LogP contribution >= 0.6 is 11.6 Å². The van der Waals surface area contributed by atoms with Gasteiger partial charge >= 0.3 is 0 Å². The van der Waals surface area contributed by atoms with Crippen LogP contribution in [0.2, 0.25) is 5.02 Å². The lowest BCUT2D eigenvalue weighted by atomic mass is 10.1. The molecule has 0 amide bonds. The molecule has 0 bridgehead atoms. The van der Waals surface area contributed by atoms with Crippen molar-refractivity contribution >= 4 is 23.5 Å². The van der Waals surface area contributed by atoms with Crippen LogP contribution in [0.25, 0.3) is 6.08 Å². The molecule has 0 aliphatic rings. The number of allylic oxidation sites excluding steroid dienone is 1. The molecule has 0 aliphatic carbocycles. The van der Waals surface area contributed by atoms with Crippen molar-refractivity contribution in [1.29, 1.82) is 0 Å². The number of halogens is 1. The zero-order valence-corrected chi connectivity index (χ0v) is 11.9. The molecule has 0 spiro atoms. The van der Waals surface area contributed by atoms with E-state index in [4.69, 9.17) is 11.6 Å². The lowest BCUT2D eigenvalue weighted by molar-refractivity contribution is 0.104. The number of ketones is 1. The molecule has 4 heteroatoms. The third-order valence-corrected chi connectivity index (χ3v) is 3.35. The van der Waals surface area contributed by atoms with Gasteiger partial charge in [-0.2, -0.15) is 5.10 Å². The molecule has 0 N–H and O–H groups in total. The van der Waals surface area contributed by atoms with E-state index in [1.54, 1.807) is 30.3 Å². The van der Waals surface area contributed by atoms with Crippen molar-refractivity contribution in [3.05, 3.63) is 57.9 Å². The van der Waals surface area contributed by atoms with Crippen LogP contribution in [-0.4, -0.2) is 15.6 Å². The van der Waals surface area contributed by atoms with E-state index in [-0.39, 0.29) is 5.78 Å². The molecule has 0 unspecified atom stereocenters. The Morgan fingerprint density at radius 1 is 1.26 bits per heavy atom. The topological polar surface area (TPSA) is 34.9 Å². The predicted octanol–water partition coefficient (Wildman–Crippen LogP) is 3.59. The smallest absolute Gasteiger partial charge is 0.185 e. The summed E-state index contributed by atoms with van der Waals surface area (Å²) in [6, 6.07) is 6.86. The molecule has 3 nitrogen and oxygen atoms in total. The maximum atomic E-state index is 12.0. The van der Waals surface area contributed by atoms with Gasteiger partial charge in [0.05, 0.1) is 5.69 Å². The molecule has 1 aromatic carbocycles. The Hall–Kier alpha value is -1.87. The van der Waals surface area contributed by atoms with Gasteiger partial charge in [0.25, 0.3) is 0 Å². The molecule has 2 aromatic rings. The fourth-order valence-corrected chi connectivity index (χ4v) is 2.03. The molecule has 0 atom stereocenters. The van der Waals surface area contributed by atoms with Crippen LogP contribution in [0.1, 0.15) is 27.3 Å². The van der Waals surface area contributed by atoms with E-state index in [0.717, 1.165) is 17.0 Å². The highest BCUT2D eigenvalue weighted by atomic mass is 35.5. The SMILES string of the molecule is Cc1nn(C)c(C)c1C=CC(=O)c1ccc(Cl)cc1. The highest BCUT2D eigenvalue weighted by Gasteiger charge is 2.07. The molecular formula is C15H15ClN2O. The minimum atomic E-state index is -0.0423. The summed E-state index contributed by atoms with van der Waals surface area (Å²) in [4.78, 5) is 12.0. The van der Waals surface area contributed by atoms with E-state index < -0.39 is 0 Å². The Labute approximate surface area is 117 Å². The highest BCUT2D eigenvalue weighted by Crippen LogP contribution is 2.15. The Kier molecular flexibility index (Phi) is 3.86. The van der Waals surface area contributed by atoms with Gasteiger partial charge in [0.2, 0.25) is 0 Å². The summed E-state index contributed by atoms with van der Waals surface area (Å²) in [6.45, 7) is 3.91. The van der Waals surface area contributed by atoms with Crippen molar-refractivity contribution in [1.82, 2.24) is 9.78 Å². The molecule has 98 valence electrons. The average molecular weight is 275 g/mol. The Balaban J connectivity index is 2.23. The van der Waals surface area contributed by atoms with Gasteiger partial charge in [0, 0.05) is 28.9 Å². The number of hydrogen-bond acceptors (Lipinski definition) is 2. The van der Waals surface area contributed by atoms with Crippen molar-refractivity contribution < 1.29 is 4.79 Å². The first-order valence-electron chi connectivity index (χ1n) is 5.97. The van der Waals surface area contributed by atoms with Crippen LogP contribution in [-0.2, 0) is 7.05 Å². The second-order valence-electron chi connectivity index (χ2n) is 4.41. The van der Waals surface area contributed by atoms with E-state index in [0.29, 0.717) is 10.6 Å². The van der Waals surface area contributed by atoms with E-state index in [2.05, 4.69) is 5.10 Å². The van der Waals surface area contributed by atoms with Crippen molar-refractivity contribution in [2.24, 2.45) is 7.05 Å². The third-order valence-electron chi connectivity index (χ3n) is 3.10. The number of aromatic nitrogens is 2. The van der Waals surface area contributed by atoms with Crippen LogP contribution in [0.3, 0.4) is 0 Å². The van der Waals surface area contributed by atoms with Gasteiger partial charge in [-0.1, -0.05) is 11.6 Å². The number of nitrogens with zero attached hydrogens (tertiary/aromatic N) is 2. The molecule has 0 radical (unpaired) electrons. The monoisotopic (exact) mass is 274 g/mol. The average Bonchev–Trinajstić information content (AvgIpc) is 2.62. The van der Waals surface area contributed by atoms with Crippen molar-refractivity contribution in [2.75, 3.05) is 0 Å². The zero-order valence-electron chi connectivity index (χ0n) is 11.1. The van der Waals surface area contributed by atoms with Crippen LogP contribution in [0.5, 0.6) is 0 Å². The zero-order chi connectivity index (χ0) is 14.0. The van der Waals surface area contributed by atoms with Crippen molar-refractivity contribution in [2.45, 2.75) is 13.8 Å². The molecule has 1 heterocycles. The summed E-state index contributed by atoms with van der Waals surface area (Å²) in [6.07, 6.45) is 3.38. The van der Waals surface area contributed by atoms with E-state index >= 15 is 0 Å². The first-order valence-corrected chi connectivity index (χ1v) is 6.35. The minimum Gasteiger partial charge on any atom is -0.289 e. The second kappa shape index (κ2) is 5.41. The first-order chi connectivity index (χ1) is 8.99. The van der Waals surface area contributed by atoms with Gasteiger partial charge in [0.1, 0.15) is 0 Å². The number of aryl methyl sites for hydroxylation is 2. The standard InChI is InChI=1S/C15H15ClN2O/c1-10-14(11(2)18(3)17-10)8-9-15(19)12-4-6-13(16)7-5-12/h4-9H,1-3H3. The van der Waals surface area contributed by atoms with E-state index in [1.165, 1.54) is 0 Å². The second-order valence-corrected chi connectivity index (χ2v) is 4.85. The quantitative estimate of drug-likeness (QED) is 0.633. The van der Waals surface area contributed by atoms with Gasteiger partial charge in [-0.25, -0.2) is 0 Å². The Bertz CT molecular complexity index is 639. The van der Waals surface area contributed by atoms with Crippen LogP contribution < -0.4 is 0 Å². The largest absolute Gasteiger partial charge is 0.289 e. The molecule has 0 saturated carbocycles. The number of carbonyl (C=O) groups is 1. The number of rotatable bonds is 3. The molecule has 0 saturated heterocycles. The van der Waals surface area contributed by atoms with Crippen LogP contribution in [0.4, 0.5) is 0 Å². The first kappa shape index (κ1) is 13.6. The number of hydrogen-bond donors (Lipinski definition) is 0. The van der Waals surface area contributed by atoms with Crippen LogP contribution in [0.15, 0.2) is 30.3 Å². The van der Waals surface area contributed by atoms with Gasteiger partial charge in [-0.3, -0.25) is 9.48 Å². The molecule has 19 heavy (non-hydrogen) atoms. The lowest BCUT2D eigenvalue weighted by Gasteiger charge is -1.97. The summed E-state index contributed by atoms with van der Waals surface area (Å²) >= 11 is 5.79. The summed E-state index contributed by atoms with van der Waals surface area (Å²) in [5.74, 6) is -0.0423. The van der Waals surface area contributed by atoms with Crippen LogP contribution in [0, 0.1) is 13.8 Å². The maximum Gasteiger partial charge on any atom is 0.185 e. The molecule has 0 fully saturated rings. The fourth-order valence-electron chi connectivity index (χ4n) is 1.90. The van der Waals surface area contributed by atoms with Gasteiger partial charge in [-0.05, 0) is 50.3 Å². The number of carbonyl (C=O) groups excluding carboxylic acids is 1. The Morgan fingerprint density at radius 2 is 1.89 bits per heavy atom. The van der Waals surface area contributed by atoms with E-state index in [9.17, 15) is 4.79 Å². The van der Waals surface area contributed by atoms with Gasteiger partial charge < -0.3 is 0 Å². The normalized spacial score (nSPS) is 11.2. The lowest BCUT2D eigenvalue weighted by Crippen LogP contribution is -1.94.